The lowest BCUT2D eigenvalue weighted by molar-refractivity contribution is 0.339. The van der Waals surface area contributed by atoms with Crippen molar-refractivity contribution in [2.45, 2.75) is 58.9 Å². The highest BCUT2D eigenvalue weighted by molar-refractivity contribution is 5.24. The van der Waals surface area contributed by atoms with Gasteiger partial charge in [0.2, 0.25) is 0 Å². The Morgan fingerprint density at radius 1 is 1.06 bits per heavy atom. The average molecular weight is 233 g/mol. The molecule has 0 aromatic carbocycles. The van der Waals surface area contributed by atoms with E-state index in [1.165, 1.54) is 25.7 Å². The van der Waals surface area contributed by atoms with E-state index < -0.39 is 0 Å². The molecule has 17 heavy (non-hydrogen) atoms. The molecule has 0 radical (unpaired) electrons. The largest absolute Gasteiger partial charge is 0.326 e. The van der Waals surface area contributed by atoms with Crippen LogP contribution in [0.3, 0.4) is 0 Å². The van der Waals surface area contributed by atoms with Gasteiger partial charge in [-0.1, -0.05) is 19.8 Å². The fourth-order valence-electron chi connectivity index (χ4n) is 2.76. The molecule has 0 spiro atoms. The number of hydrogen-bond donors (Lipinski definition) is 1. The minimum absolute atomic E-state index is 0.541. The predicted molar refractivity (Wildman–Crippen MR) is 69.8 cm³/mol. The number of hydrogen-bond acceptors (Lipinski definition) is 3. The summed E-state index contributed by atoms with van der Waals surface area (Å²) >= 11 is 0. The molecule has 0 aliphatic heterocycles. The van der Waals surface area contributed by atoms with E-state index in [1.807, 2.05) is 13.8 Å². The van der Waals surface area contributed by atoms with Crippen LogP contribution in [0.1, 0.15) is 61.3 Å². The molecule has 0 unspecified atom stereocenters. The summed E-state index contributed by atoms with van der Waals surface area (Å²) in [7, 11) is 0. The molecule has 1 saturated carbocycles. The topological polar surface area (TPSA) is 51.8 Å². The molecule has 94 valence electrons. The number of rotatable bonds is 2. The lowest BCUT2D eigenvalue weighted by Gasteiger charge is -2.25. The minimum Gasteiger partial charge on any atom is -0.326 e. The van der Waals surface area contributed by atoms with Crippen molar-refractivity contribution < 1.29 is 0 Å². The van der Waals surface area contributed by atoms with E-state index in [4.69, 9.17) is 5.73 Å². The smallest absolute Gasteiger partial charge is 0.131 e. The Labute approximate surface area is 104 Å². The zero-order chi connectivity index (χ0) is 12.4. The van der Waals surface area contributed by atoms with Crippen LogP contribution >= 0.6 is 0 Å². The second kappa shape index (κ2) is 5.13. The summed E-state index contributed by atoms with van der Waals surface area (Å²) in [5.74, 6) is 2.48. The molecule has 2 N–H and O–H groups in total. The van der Waals surface area contributed by atoms with Crippen LogP contribution < -0.4 is 5.73 Å². The quantitative estimate of drug-likeness (QED) is 0.854. The van der Waals surface area contributed by atoms with Crippen molar-refractivity contribution in [2.24, 2.45) is 11.7 Å². The summed E-state index contributed by atoms with van der Waals surface area (Å²) < 4.78 is 0. The molecule has 1 aromatic heterocycles. The molecule has 0 amide bonds. The summed E-state index contributed by atoms with van der Waals surface area (Å²) in [6, 6.07) is 0. The lowest BCUT2D eigenvalue weighted by atomic mass is 9.82. The number of nitrogens with zero attached hydrogens (tertiary/aromatic N) is 2. The molecular weight excluding hydrogens is 210 g/mol. The second-order valence-electron chi connectivity index (χ2n) is 5.39. The van der Waals surface area contributed by atoms with E-state index in [0.29, 0.717) is 12.5 Å². The third kappa shape index (κ3) is 2.65. The van der Waals surface area contributed by atoms with Gasteiger partial charge in [-0.2, -0.15) is 0 Å². The fraction of sp³-hybridized carbons (Fsp3) is 0.714. The van der Waals surface area contributed by atoms with E-state index in [9.17, 15) is 0 Å². The Bertz CT molecular complexity index is 369. The van der Waals surface area contributed by atoms with Crippen LogP contribution in [0.4, 0.5) is 0 Å². The molecule has 0 bridgehead atoms. The average Bonchev–Trinajstić information content (AvgIpc) is 2.29. The normalized spacial score (nSPS) is 24.9. The van der Waals surface area contributed by atoms with E-state index in [1.54, 1.807) is 0 Å². The standard InChI is InChI=1S/C14H23N3/c1-9-4-6-12(7-5-9)14-16-10(2)13(8-15)11(3)17-14/h9,12H,4-8,15H2,1-3H3. The molecule has 1 heterocycles. The molecule has 0 atom stereocenters. The van der Waals surface area contributed by atoms with Crippen molar-refractivity contribution in [1.29, 1.82) is 0 Å². The molecule has 3 heteroatoms. The summed E-state index contributed by atoms with van der Waals surface area (Å²) in [4.78, 5) is 9.32. The van der Waals surface area contributed by atoms with Crippen LogP contribution in [0.2, 0.25) is 0 Å². The Hall–Kier alpha value is -0.960. The summed E-state index contributed by atoms with van der Waals surface area (Å²) in [6.07, 6.45) is 5.10. The Morgan fingerprint density at radius 3 is 2.06 bits per heavy atom. The van der Waals surface area contributed by atoms with Gasteiger partial charge in [-0.3, -0.25) is 0 Å². The van der Waals surface area contributed by atoms with Crippen molar-refractivity contribution in [3.05, 3.63) is 22.8 Å². The highest BCUT2D eigenvalue weighted by Gasteiger charge is 2.22. The minimum atomic E-state index is 0.541. The molecule has 1 fully saturated rings. The van der Waals surface area contributed by atoms with Gasteiger partial charge in [0.1, 0.15) is 5.82 Å². The third-order valence-corrected chi connectivity index (χ3v) is 4.02. The Balaban J connectivity index is 2.22. The van der Waals surface area contributed by atoms with Gasteiger partial charge in [0.25, 0.3) is 0 Å². The van der Waals surface area contributed by atoms with E-state index in [-0.39, 0.29) is 0 Å². The van der Waals surface area contributed by atoms with Crippen LogP contribution in [0.25, 0.3) is 0 Å². The Morgan fingerprint density at radius 2 is 1.59 bits per heavy atom. The predicted octanol–water partition coefficient (Wildman–Crippen LogP) is 2.85. The first-order valence-electron chi connectivity index (χ1n) is 6.66. The van der Waals surface area contributed by atoms with Crippen molar-refractivity contribution >= 4 is 0 Å². The summed E-state index contributed by atoms with van der Waals surface area (Å²) in [5, 5.41) is 0. The van der Waals surface area contributed by atoms with Crippen LogP contribution in [-0.4, -0.2) is 9.97 Å². The molecule has 1 aromatic rings. The van der Waals surface area contributed by atoms with Crippen molar-refractivity contribution in [3.8, 4) is 0 Å². The van der Waals surface area contributed by atoms with E-state index in [0.717, 1.165) is 28.7 Å². The monoisotopic (exact) mass is 233 g/mol. The maximum absolute atomic E-state index is 5.72. The first-order chi connectivity index (χ1) is 8.11. The van der Waals surface area contributed by atoms with Gasteiger partial charge < -0.3 is 5.73 Å². The first-order valence-corrected chi connectivity index (χ1v) is 6.66. The molecular formula is C14H23N3. The van der Waals surface area contributed by atoms with Gasteiger partial charge in [-0.05, 0) is 32.6 Å². The van der Waals surface area contributed by atoms with Crippen LogP contribution in [0, 0.1) is 19.8 Å². The first kappa shape index (κ1) is 12.5. The molecule has 2 rings (SSSR count). The second-order valence-corrected chi connectivity index (χ2v) is 5.39. The fourth-order valence-corrected chi connectivity index (χ4v) is 2.76. The third-order valence-electron chi connectivity index (χ3n) is 4.02. The maximum atomic E-state index is 5.72. The lowest BCUT2D eigenvalue weighted by Crippen LogP contribution is -2.16. The van der Waals surface area contributed by atoms with Gasteiger partial charge >= 0.3 is 0 Å². The van der Waals surface area contributed by atoms with E-state index in [2.05, 4.69) is 16.9 Å². The molecule has 1 aliphatic carbocycles. The highest BCUT2D eigenvalue weighted by atomic mass is 14.9. The zero-order valence-electron chi connectivity index (χ0n) is 11.2. The van der Waals surface area contributed by atoms with Crippen molar-refractivity contribution in [2.75, 3.05) is 0 Å². The van der Waals surface area contributed by atoms with Gasteiger partial charge in [0, 0.05) is 29.4 Å². The van der Waals surface area contributed by atoms with Crippen molar-refractivity contribution in [1.82, 2.24) is 9.97 Å². The van der Waals surface area contributed by atoms with Crippen LogP contribution in [-0.2, 0) is 6.54 Å². The zero-order valence-corrected chi connectivity index (χ0v) is 11.2. The van der Waals surface area contributed by atoms with Gasteiger partial charge in [0.05, 0.1) is 0 Å². The number of aromatic nitrogens is 2. The van der Waals surface area contributed by atoms with Crippen LogP contribution in [0.15, 0.2) is 0 Å². The van der Waals surface area contributed by atoms with Gasteiger partial charge in [0.15, 0.2) is 0 Å². The Kier molecular flexibility index (Phi) is 3.77. The summed E-state index contributed by atoms with van der Waals surface area (Å²) in [5.41, 5.74) is 8.95. The van der Waals surface area contributed by atoms with E-state index >= 15 is 0 Å². The maximum Gasteiger partial charge on any atom is 0.131 e. The highest BCUT2D eigenvalue weighted by Crippen LogP contribution is 2.34. The van der Waals surface area contributed by atoms with Crippen molar-refractivity contribution in [3.63, 3.8) is 0 Å². The molecule has 3 nitrogen and oxygen atoms in total. The number of nitrogens with two attached hydrogens (primary N) is 1. The van der Waals surface area contributed by atoms with Gasteiger partial charge in [-0.25, -0.2) is 9.97 Å². The SMILES string of the molecule is Cc1nc(C2CCC(C)CC2)nc(C)c1CN. The van der Waals surface area contributed by atoms with Crippen LogP contribution in [0.5, 0.6) is 0 Å². The van der Waals surface area contributed by atoms with Gasteiger partial charge in [-0.15, -0.1) is 0 Å². The molecule has 1 aliphatic rings. The molecule has 0 saturated heterocycles. The number of aryl methyl sites for hydroxylation is 2. The summed E-state index contributed by atoms with van der Waals surface area (Å²) in [6.45, 7) is 6.97.